The number of pyridine rings is 1. The van der Waals surface area contributed by atoms with Crippen molar-refractivity contribution in [2.75, 3.05) is 14.1 Å². The molecule has 0 N–H and O–H groups in total. The van der Waals surface area contributed by atoms with Crippen molar-refractivity contribution in [3.63, 3.8) is 0 Å². The molecular weight excluding hydrogens is 328 g/mol. The summed E-state index contributed by atoms with van der Waals surface area (Å²) in [7, 11) is 1.23. The van der Waals surface area contributed by atoms with E-state index in [0.29, 0.717) is 11.0 Å². The lowest BCUT2D eigenvalue weighted by Gasteiger charge is -2.13. The fourth-order valence-electron chi connectivity index (χ4n) is 2.58. The first-order chi connectivity index (χ1) is 11.3. The SMILES string of the molecule is CN(C)S(=O)(=O)c1cccc(Cn2c(=O)c3cccnc3n2C)c1. The molecule has 3 aromatic rings. The molecule has 0 unspecified atom stereocenters. The van der Waals surface area contributed by atoms with E-state index >= 15 is 0 Å². The number of rotatable bonds is 4. The third-order valence-corrected chi connectivity index (χ3v) is 5.74. The molecule has 0 aliphatic rings. The minimum atomic E-state index is -3.51. The highest BCUT2D eigenvalue weighted by Crippen LogP contribution is 2.16. The molecule has 0 fully saturated rings. The zero-order valence-electron chi connectivity index (χ0n) is 13.7. The van der Waals surface area contributed by atoms with Crippen LogP contribution >= 0.6 is 0 Å². The van der Waals surface area contributed by atoms with Gasteiger partial charge >= 0.3 is 0 Å². The summed E-state index contributed by atoms with van der Waals surface area (Å²) in [5.41, 5.74) is 1.17. The van der Waals surface area contributed by atoms with Gasteiger partial charge in [0.05, 0.1) is 16.8 Å². The molecule has 0 spiro atoms. The Kier molecular flexibility index (Phi) is 4.02. The van der Waals surface area contributed by atoms with Gasteiger partial charge in [0.15, 0.2) is 5.65 Å². The molecule has 8 heteroatoms. The van der Waals surface area contributed by atoms with Crippen molar-refractivity contribution >= 4 is 21.1 Å². The standard InChI is InChI=1S/C16H18N4O3S/c1-18(2)24(22,23)13-7-4-6-12(10-13)11-20-16(21)14-8-5-9-17-15(14)19(20)3/h4-10H,11H2,1-3H3. The fraction of sp³-hybridized carbons (Fsp3) is 0.250. The minimum Gasteiger partial charge on any atom is -0.268 e. The van der Waals surface area contributed by atoms with Gasteiger partial charge in [0.2, 0.25) is 10.0 Å². The van der Waals surface area contributed by atoms with Crippen LogP contribution in [0.4, 0.5) is 0 Å². The Morgan fingerprint density at radius 1 is 1.17 bits per heavy atom. The Bertz CT molecular complexity index is 1060. The van der Waals surface area contributed by atoms with Crippen LogP contribution in [0, 0.1) is 0 Å². The fourth-order valence-corrected chi connectivity index (χ4v) is 3.55. The van der Waals surface area contributed by atoms with Crippen LogP contribution in [0.5, 0.6) is 0 Å². The first kappa shape index (κ1) is 16.4. The lowest BCUT2D eigenvalue weighted by molar-refractivity contribution is 0.519. The second-order valence-corrected chi connectivity index (χ2v) is 7.85. The highest BCUT2D eigenvalue weighted by atomic mass is 32.2. The number of sulfonamides is 1. The van der Waals surface area contributed by atoms with E-state index in [-0.39, 0.29) is 17.0 Å². The van der Waals surface area contributed by atoms with Crippen LogP contribution in [0.25, 0.3) is 11.0 Å². The number of hydrogen-bond acceptors (Lipinski definition) is 4. The molecule has 0 atom stereocenters. The maximum absolute atomic E-state index is 12.5. The predicted molar refractivity (Wildman–Crippen MR) is 91.4 cm³/mol. The van der Waals surface area contributed by atoms with Crippen LogP contribution < -0.4 is 5.56 Å². The van der Waals surface area contributed by atoms with Gasteiger partial charge in [0.1, 0.15) is 0 Å². The molecule has 2 heterocycles. The third kappa shape index (κ3) is 2.63. The Morgan fingerprint density at radius 2 is 1.92 bits per heavy atom. The number of nitrogens with zero attached hydrogens (tertiary/aromatic N) is 4. The first-order valence-electron chi connectivity index (χ1n) is 7.34. The molecule has 0 aliphatic heterocycles. The van der Waals surface area contributed by atoms with Crippen molar-refractivity contribution in [3.8, 4) is 0 Å². The molecule has 7 nitrogen and oxygen atoms in total. The number of aryl methyl sites for hydroxylation is 1. The molecule has 0 saturated carbocycles. The Balaban J connectivity index is 2.06. The van der Waals surface area contributed by atoms with Crippen LogP contribution in [0.3, 0.4) is 0 Å². The van der Waals surface area contributed by atoms with E-state index in [0.717, 1.165) is 5.56 Å². The maximum atomic E-state index is 12.5. The summed E-state index contributed by atoms with van der Waals surface area (Å²) >= 11 is 0. The summed E-state index contributed by atoms with van der Waals surface area (Å²) in [4.78, 5) is 16.9. The number of benzene rings is 1. The van der Waals surface area contributed by atoms with E-state index in [2.05, 4.69) is 4.98 Å². The number of aromatic nitrogens is 3. The van der Waals surface area contributed by atoms with Gasteiger partial charge in [-0.25, -0.2) is 22.4 Å². The van der Waals surface area contributed by atoms with Gasteiger partial charge in [0, 0.05) is 27.3 Å². The van der Waals surface area contributed by atoms with Crippen molar-refractivity contribution in [3.05, 3.63) is 58.5 Å². The summed E-state index contributed by atoms with van der Waals surface area (Å²) in [6, 6.07) is 10.1. The van der Waals surface area contributed by atoms with E-state index < -0.39 is 10.0 Å². The highest BCUT2D eigenvalue weighted by molar-refractivity contribution is 7.89. The molecule has 0 amide bonds. The van der Waals surface area contributed by atoms with Crippen molar-refractivity contribution in [1.82, 2.24) is 18.7 Å². The largest absolute Gasteiger partial charge is 0.276 e. The summed E-state index contributed by atoms with van der Waals surface area (Å²) in [6.07, 6.45) is 1.64. The molecule has 0 aliphatic carbocycles. The lowest BCUT2D eigenvalue weighted by atomic mass is 10.2. The normalized spacial score (nSPS) is 12.2. The summed E-state index contributed by atoms with van der Waals surface area (Å²) in [6.45, 7) is 0.266. The molecule has 0 bridgehead atoms. The molecule has 24 heavy (non-hydrogen) atoms. The van der Waals surface area contributed by atoms with Gasteiger partial charge < -0.3 is 0 Å². The van der Waals surface area contributed by atoms with E-state index in [1.54, 1.807) is 59.0 Å². The first-order valence-corrected chi connectivity index (χ1v) is 8.78. The van der Waals surface area contributed by atoms with Crippen LogP contribution in [0.15, 0.2) is 52.3 Å². The second-order valence-electron chi connectivity index (χ2n) is 5.70. The van der Waals surface area contributed by atoms with Gasteiger partial charge in [-0.1, -0.05) is 12.1 Å². The average Bonchev–Trinajstić information content (AvgIpc) is 2.80. The Morgan fingerprint density at radius 3 is 2.58 bits per heavy atom. The minimum absolute atomic E-state index is 0.151. The van der Waals surface area contributed by atoms with Crippen LogP contribution in [-0.4, -0.2) is 41.2 Å². The topological polar surface area (TPSA) is 77.2 Å². The zero-order chi connectivity index (χ0) is 17.5. The van der Waals surface area contributed by atoms with E-state index in [9.17, 15) is 13.2 Å². The molecule has 0 saturated heterocycles. The molecule has 2 aromatic heterocycles. The smallest absolute Gasteiger partial charge is 0.268 e. The number of fused-ring (bicyclic) bond motifs is 1. The monoisotopic (exact) mass is 346 g/mol. The van der Waals surface area contributed by atoms with E-state index in [1.165, 1.54) is 18.4 Å². The van der Waals surface area contributed by atoms with E-state index in [1.807, 2.05) is 0 Å². The maximum Gasteiger partial charge on any atom is 0.276 e. The average molecular weight is 346 g/mol. The van der Waals surface area contributed by atoms with Gasteiger partial charge in [-0.2, -0.15) is 0 Å². The zero-order valence-corrected chi connectivity index (χ0v) is 14.5. The molecule has 126 valence electrons. The van der Waals surface area contributed by atoms with Crippen molar-refractivity contribution in [1.29, 1.82) is 0 Å². The second kappa shape index (κ2) is 5.88. The van der Waals surface area contributed by atoms with Gasteiger partial charge in [-0.15, -0.1) is 0 Å². The quantitative estimate of drug-likeness (QED) is 0.707. The van der Waals surface area contributed by atoms with Crippen LogP contribution in [-0.2, 0) is 23.6 Å². The molecule has 0 radical (unpaired) electrons. The van der Waals surface area contributed by atoms with Gasteiger partial charge in [-0.05, 0) is 29.8 Å². The Labute approximate surface area is 139 Å². The molecule has 1 aromatic carbocycles. The Hall–Kier alpha value is -2.45. The van der Waals surface area contributed by atoms with Gasteiger partial charge in [0.25, 0.3) is 5.56 Å². The van der Waals surface area contributed by atoms with Gasteiger partial charge in [-0.3, -0.25) is 9.48 Å². The molecule has 3 rings (SSSR count). The van der Waals surface area contributed by atoms with Crippen molar-refractivity contribution in [2.24, 2.45) is 7.05 Å². The van der Waals surface area contributed by atoms with Crippen molar-refractivity contribution in [2.45, 2.75) is 11.4 Å². The highest BCUT2D eigenvalue weighted by Gasteiger charge is 2.18. The lowest BCUT2D eigenvalue weighted by Crippen LogP contribution is -2.24. The number of hydrogen-bond donors (Lipinski definition) is 0. The summed E-state index contributed by atoms with van der Waals surface area (Å²) in [5.74, 6) is 0. The molecular formula is C16H18N4O3S. The van der Waals surface area contributed by atoms with Crippen LogP contribution in [0.2, 0.25) is 0 Å². The van der Waals surface area contributed by atoms with Crippen LogP contribution in [0.1, 0.15) is 5.56 Å². The summed E-state index contributed by atoms with van der Waals surface area (Å²) < 4.78 is 28.9. The predicted octanol–water partition coefficient (Wildman–Crippen LogP) is 1.03. The third-order valence-electron chi connectivity index (χ3n) is 3.93. The van der Waals surface area contributed by atoms with E-state index in [4.69, 9.17) is 0 Å². The van der Waals surface area contributed by atoms with Crippen molar-refractivity contribution < 1.29 is 8.42 Å². The summed E-state index contributed by atoms with van der Waals surface area (Å²) in [5, 5.41) is 0.539.